The maximum absolute atomic E-state index is 8.91. The van der Waals surface area contributed by atoms with Gasteiger partial charge in [0.05, 0.1) is 25.3 Å². The van der Waals surface area contributed by atoms with Crippen LogP contribution in [0, 0.1) is 17.2 Å². The van der Waals surface area contributed by atoms with Gasteiger partial charge in [0.1, 0.15) is 5.75 Å². The van der Waals surface area contributed by atoms with Crippen LogP contribution >= 0.6 is 0 Å². The molecule has 0 saturated carbocycles. The fraction of sp³-hybridized carbons (Fsp3) is 0.562. The highest BCUT2D eigenvalue weighted by Crippen LogP contribution is 2.19. The molecule has 0 unspecified atom stereocenters. The molecule has 0 fully saturated rings. The summed E-state index contributed by atoms with van der Waals surface area (Å²) < 4.78 is 10.8. The maximum atomic E-state index is 8.91. The molecule has 1 aromatic rings. The van der Waals surface area contributed by atoms with Crippen molar-refractivity contribution < 1.29 is 9.47 Å². The Morgan fingerprint density at radius 1 is 1.30 bits per heavy atom. The van der Waals surface area contributed by atoms with Gasteiger partial charge < -0.3 is 14.8 Å². The molecule has 0 aromatic heterocycles. The van der Waals surface area contributed by atoms with Crippen LogP contribution in [-0.2, 0) is 11.3 Å². The zero-order valence-electron chi connectivity index (χ0n) is 12.6. The Hall–Kier alpha value is -1.57. The predicted octanol–water partition coefficient (Wildman–Crippen LogP) is 2.72. The standard InChI is InChI=1S/C16H24N2O2/c1-13(2)6-8-20-9-7-18-12-15-10-14(11-17)4-5-16(15)19-3/h4-5,10,13,18H,6-9,12H2,1-3H3. The van der Waals surface area contributed by atoms with Crippen LogP contribution in [0.25, 0.3) is 0 Å². The first kappa shape index (κ1) is 16.5. The number of nitriles is 1. The first-order valence-corrected chi connectivity index (χ1v) is 7.02. The van der Waals surface area contributed by atoms with Crippen LogP contribution in [-0.4, -0.2) is 26.9 Å². The number of rotatable bonds is 9. The summed E-state index contributed by atoms with van der Waals surface area (Å²) in [4.78, 5) is 0. The summed E-state index contributed by atoms with van der Waals surface area (Å²) in [6.07, 6.45) is 1.10. The van der Waals surface area contributed by atoms with Gasteiger partial charge in [0, 0.05) is 25.3 Å². The SMILES string of the molecule is COc1ccc(C#N)cc1CNCCOCCC(C)C. The third-order valence-electron chi connectivity index (χ3n) is 2.99. The molecule has 0 aliphatic carbocycles. The fourth-order valence-corrected chi connectivity index (χ4v) is 1.77. The Kier molecular flexibility index (Phi) is 7.71. The van der Waals surface area contributed by atoms with Crippen LogP contribution in [0.2, 0.25) is 0 Å². The smallest absolute Gasteiger partial charge is 0.123 e. The van der Waals surface area contributed by atoms with E-state index in [2.05, 4.69) is 25.2 Å². The van der Waals surface area contributed by atoms with Gasteiger partial charge in [0.2, 0.25) is 0 Å². The predicted molar refractivity (Wildman–Crippen MR) is 79.7 cm³/mol. The van der Waals surface area contributed by atoms with E-state index in [0.717, 1.165) is 30.9 Å². The molecule has 0 aliphatic rings. The van der Waals surface area contributed by atoms with Gasteiger partial charge in [-0.15, -0.1) is 0 Å². The first-order chi connectivity index (χ1) is 9.67. The highest BCUT2D eigenvalue weighted by molar-refractivity contribution is 5.41. The van der Waals surface area contributed by atoms with Gasteiger partial charge in [0.15, 0.2) is 0 Å². The minimum absolute atomic E-state index is 0.649. The lowest BCUT2D eigenvalue weighted by Gasteiger charge is -2.10. The number of nitrogens with zero attached hydrogens (tertiary/aromatic N) is 1. The Labute approximate surface area is 121 Å². The number of ether oxygens (including phenoxy) is 2. The van der Waals surface area contributed by atoms with E-state index in [1.807, 2.05) is 12.1 Å². The van der Waals surface area contributed by atoms with Crippen molar-refractivity contribution in [3.05, 3.63) is 29.3 Å². The van der Waals surface area contributed by atoms with Gasteiger partial charge in [-0.2, -0.15) is 5.26 Å². The van der Waals surface area contributed by atoms with Crippen molar-refractivity contribution >= 4 is 0 Å². The number of nitrogens with one attached hydrogen (secondary N) is 1. The normalized spacial score (nSPS) is 10.6. The zero-order valence-corrected chi connectivity index (χ0v) is 12.6. The summed E-state index contributed by atoms with van der Waals surface area (Å²) in [7, 11) is 1.64. The van der Waals surface area contributed by atoms with Gasteiger partial charge >= 0.3 is 0 Å². The molecule has 0 spiro atoms. The third kappa shape index (κ3) is 6.05. The van der Waals surface area contributed by atoms with Crippen molar-refractivity contribution in [3.63, 3.8) is 0 Å². The van der Waals surface area contributed by atoms with E-state index >= 15 is 0 Å². The van der Waals surface area contributed by atoms with E-state index in [0.29, 0.717) is 24.6 Å². The lowest BCUT2D eigenvalue weighted by molar-refractivity contribution is 0.125. The van der Waals surface area contributed by atoms with Crippen LogP contribution in [0.4, 0.5) is 0 Å². The van der Waals surface area contributed by atoms with Crippen LogP contribution in [0.1, 0.15) is 31.4 Å². The fourth-order valence-electron chi connectivity index (χ4n) is 1.77. The molecule has 0 bridgehead atoms. The van der Waals surface area contributed by atoms with Gasteiger partial charge in [-0.3, -0.25) is 0 Å². The van der Waals surface area contributed by atoms with Crippen molar-refractivity contribution in [2.45, 2.75) is 26.8 Å². The highest BCUT2D eigenvalue weighted by Gasteiger charge is 2.04. The Morgan fingerprint density at radius 2 is 2.10 bits per heavy atom. The average Bonchev–Trinajstić information content (AvgIpc) is 2.45. The van der Waals surface area contributed by atoms with Crippen LogP contribution in [0.3, 0.4) is 0 Å². The van der Waals surface area contributed by atoms with Gasteiger partial charge in [-0.05, 0) is 30.5 Å². The minimum Gasteiger partial charge on any atom is -0.496 e. The lowest BCUT2D eigenvalue weighted by Crippen LogP contribution is -2.20. The molecule has 0 heterocycles. The summed E-state index contributed by atoms with van der Waals surface area (Å²) in [5, 5.41) is 12.2. The molecule has 0 aliphatic heterocycles. The number of hydrogen-bond donors (Lipinski definition) is 1. The molecular weight excluding hydrogens is 252 g/mol. The van der Waals surface area contributed by atoms with Crippen molar-refractivity contribution in [1.82, 2.24) is 5.32 Å². The number of methoxy groups -OCH3 is 1. The van der Waals surface area contributed by atoms with Gasteiger partial charge in [0.25, 0.3) is 0 Å². The Bertz CT molecular complexity index is 439. The third-order valence-corrected chi connectivity index (χ3v) is 2.99. The van der Waals surface area contributed by atoms with Crippen molar-refractivity contribution in [2.75, 3.05) is 26.9 Å². The van der Waals surface area contributed by atoms with Gasteiger partial charge in [-0.1, -0.05) is 13.8 Å². The number of benzene rings is 1. The first-order valence-electron chi connectivity index (χ1n) is 7.02. The molecule has 1 rings (SSSR count). The molecule has 0 atom stereocenters. The van der Waals surface area contributed by atoms with Crippen molar-refractivity contribution in [2.24, 2.45) is 5.92 Å². The van der Waals surface area contributed by atoms with E-state index in [-0.39, 0.29) is 0 Å². The molecule has 20 heavy (non-hydrogen) atoms. The number of hydrogen-bond acceptors (Lipinski definition) is 4. The Morgan fingerprint density at radius 3 is 2.75 bits per heavy atom. The van der Waals surface area contributed by atoms with Crippen LogP contribution in [0.5, 0.6) is 5.75 Å². The second-order valence-electron chi connectivity index (χ2n) is 5.11. The van der Waals surface area contributed by atoms with E-state index in [4.69, 9.17) is 14.7 Å². The van der Waals surface area contributed by atoms with E-state index < -0.39 is 0 Å². The Balaban J connectivity index is 2.29. The van der Waals surface area contributed by atoms with E-state index in [1.165, 1.54) is 0 Å². The molecule has 1 aromatic carbocycles. The molecule has 1 N–H and O–H groups in total. The summed E-state index contributed by atoms with van der Waals surface area (Å²) in [5.74, 6) is 1.48. The molecule has 0 amide bonds. The molecule has 110 valence electrons. The summed E-state index contributed by atoms with van der Waals surface area (Å²) >= 11 is 0. The van der Waals surface area contributed by atoms with E-state index in [9.17, 15) is 0 Å². The largest absolute Gasteiger partial charge is 0.496 e. The topological polar surface area (TPSA) is 54.3 Å². The highest BCUT2D eigenvalue weighted by atomic mass is 16.5. The van der Waals surface area contributed by atoms with Crippen molar-refractivity contribution in [3.8, 4) is 11.8 Å². The molecule has 4 heteroatoms. The summed E-state index contributed by atoms with van der Waals surface area (Å²) in [5.41, 5.74) is 1.64. The van der Waals surface area contributed by atoms with Crippen LogP contribution in [0.15, 0.2) is 18.2 Å². The summed E-state index contributed by atoms with van der Waals surface area (Å²) in [6.45, 7) is 7.36. The van der Waals surface area contributed by atoms with E-state index in [1.54, 1.807) is 13.2 Å². The zero-order chi connectivity index (χ0) is 14.8. The molecule has 0 saturated heterocycles. The maximum Gasteiger partial charge on any atom is 0.123 e. The minimum atomic E-state index is 0.649. The second-order valence-corrected chi connectivity index (χ2v) is 5.11. The van der Waals surface area contributed by atoms with Gasteiger partial charge in [-0.25, -0.2) is 0 Å². The molecule has 4 nitrogen and oxygen atoms in total. The van der Waals surface area contributed by atoms with Crippen LogP contribution < -0.4 is 10.1 Å². The molecular formula is C16H24N2O2. The monoisotopic (exact) mass is 276 g/mol. The average molecular weight is 276 g/mol. The quantitative estimate of drug-likeness (QED) is 0.705. The summed E-state index contributed by atoms with van der Waals surface area (Å²) in [6, 6.07) is 7.58. The lowest BCUT2D eigenvalue weighted by atomic mass is 10.1. The van der Waals surface area contributed by atoms with Crippen molar-refractivity contribution in [1.29, 1.82) is 5.26 Å². The second kappa shape index (κ2) is 9.35. The molecule has 0 radical (unpaired) electrons.